The molecule has 2 aromatic carbocycles. The minimum absolute atomic E-state index is 0.109. The highest BCUT2D eigenvalue weighted by molar-refractivity contribution is 6.04. The summed E-state index contributed by atoms with van der Waals surface area (Å²) in [6.45, 7) is 7.87. The van der Waals surface area contributed by atoms with E-state index in [-0.39, 0.29) is 11.8 Å². The number of morpholine rings is 1. The fraction of sp³-hybridized carbons (Fsp3) is 0.364. The van der Waals surface area contributed by atoms with Gasteiger partial charge in [-0.05, 0) is 56.2 Å². The van der Waals surface area contributed by atoms with Crippen LogP contribution in [-0.4, -0.2) is 49.1 Å². The van der Waals surface area contributed by atoms with Crippen LogP contribution in [0.1, 0.15) is 28.4 Å². The number of ether oxygens (including phenoxy) is 2. The summed E-state index contributed by atoms with van der Waals surface area (Å²) >= 11 is 0. The summed E-state index contributed by atoms with van der Waals surface area (Å²) in [5.74, 6) is 0.228. The average Bonchev–Trinajstić information content (AvgIpc) is 2.71. The van der Waals surface area contributed by atoms with Gasteiger partial charge in [0.25, 0.3) is 11.8 Å². The molecule has 148 valence electrons. The number of amides is 2. The van der Waals surface area contributed by atoms with Gasteiger partial charge in [-0.3, -0.25) is 9.59 Å². The molecule has 0 saturated carbocycles. The van der Waals surface area contributed by atoms with E-state index in [1.807, 2.05) is 32.0 Å². The summed E-state index contributed by atoms with van der Waals surface area (Å²) in [5, 5.41) is 2.83. The molecular formula is C22H26N2O4. The van der Waals surface area contributed by atoms with Crippen molar-refractivity contribution < 1.29 is 19.1 Å². The molecule has 0 radical (unpaired) electrons. The van der Waals surface area contributed by atoms with Gasteiger partial charge in [-0.2, -0.15) is 0 Å². The third-order valence-electron chi connectivity index (χ3n) is 4.87. The second-order valence-electron chi connectivity index (χ2n) is 6.95. The Morgan fingerprint density at radius 3 is 2.50 bits per heavy atom. The molecule has 1 heterocycles. The van der Waals surface area contributed by atoms with Crippen molar-refractivity contribution in [3.8, 4) is 5.75 Å². The molecule has 2 amide bonds. The number of carbonyl (C=O) groups is 2. The number of aryl methyl sites for hydroxylation is 2. The van der Waals surface area contributed by atoms with Gasteiger partial charge >= 0.3 is 0 Å². The molecule has 1 atom stereocenters. The van der Waals surface area contributed by atoms with E-state index in [1.165, 1.54) is 5.56 Å². The molecule has 1 saturated heterocycles. The number of hydrogen-bond acceptors (Lipinski definition) is 4. The first kappa shape index (κ1) is 19.9. The van der Waals surface area contributed by atoms with Gasteiger partial charge in [0.1, 0.15) is 5.75 Å². The van der Waals surface area contributed by atoms with Crippen molar-refractivity contribution in [3.05, 3.63) is 59.2 Å². The zero-order valence-corrected chi connectivity index (χ0v) is 16.5. The van der Waals surface area contributed by atoms with Crippen molar-refractivity contribution in [2.45, 2.75) is 26.9 Å². The summed E-state index contributed by atoms with van der Waals surface area (Å²) in [7, 11) is 0. The van der Waals surface area contributed by atoms with Gasteiger partial charge in [-0.1, -0.05) is 18.2 Å². The molecule has 0 bridgehead atoms. The number of benzene rings is 2. The van der Waals surface area contributed by atoms with Crippen molar-refractivity contribution >= 4 is 17.5 Å². The quantitative estimate of drug-likeness (QED) is 0.862. The smallest absolute Gasteiger partial charge is 0.265 e. The first-order chi connectivity index (χ1) is 13.5. The van der Waals surface area contributed by atoms with Crippen molar-refractivity contribution in [1.82, 2.24) is 4.90 Å². The van der Waals surface area contributed by atoms with Crippen molar-refractivity contribution in [2.75, 3.05) is 31.6 Å². The maximum atomic E-state index is 12.8. The highest BCUT2D eigenvalue weighted by Crippen LogP contribution is 2.21. The molecule has 1 aliphatic rings. The molecule has 1 fully saturated rings. The number of anilines is 1. The maximum absolute atomic E-state index is 12.8. The second kappa shape index (κ2) is 8.89. The first-order valence-electron chi connectivity index (χ1n) is 9.46. The lowest BCUT2D eigenvalue weighted by Crippen LogP contribution is -2.41. The number of para-hydroxylation sites is 1. The molecule has 0 aromatic heterocycles. The Morgan fingerprint density at radius 2 is 1.79 bits per heavy atom. The van der Waals surface area contributed by atoms with Crippen LogP contribution in [0.4, 0.5) is 5.69 Å². The normalized spacial score (nSPS) is 15.0. The van der Waals surface area contributed by atoms with Gasteiger partial charge in [0.15, 0.2) is 6.10 Å². The van der Waals surface area contributed by atoms with Crippen molar-refractivity contribution in [3.63, 3.8) is 0 Å². The van der Waals surface area contributed by atoms with Crippen LogP contribution in [0.5, 0.6) is 5.75 Å². The predicted octanol–water partition coefficient (Wildman–Crippen LogP) is 3.18. The van der Waals surface area contributed by atoms with E-state index in [0.29, 0.717) is 43.3 Å². The van der Waals surface area contributed by atoms with E-state index in [2.05, 4.69) is 5.32 Å². The molecule has 3 rings (SSSR count). The van der Waals surface area contributed by atoms with Crippen LogP contribution in [0.3, 0.4) is 0 Å². The van der Waals surface area contributed by atoms with Gasteiger partial charge < -0.3 is 19.7 Å². The van der Waals surface area contributed by atoms with Gasteiger partial charge in [0.05, 0.1) is 24.5 Å². The van der Waals surface area contributed by atoms with E-state index in [1.54, 1.807) is 36.1 Å². The Kier molecular flexibility index (Phi) is 6.31. The molecule has 1 aliphatic heterocycles. The fourth-order valence-electron chi connectivity index (χ4n) is 2.99. The molecule has 2 aromatic rings. The monoisotopic (exact) mass is 382 g/mol. The second-order valence-corrected chi connectivity index (χ2v) is 6.95. The number of rotatable bonds is 5. The zero-order valence-electron chi connectivity index (χ0n) is 16.5. The predicted molar refractivity (Wildman–Crippen MR) is 108 cm³/mol. The lowest BCUT2D eigenvalue weighted by molar-refractivity contribution is -0.122. The summed E-state index contributed by atoms with van der Waals surface area (Å²) in [6.07, 6.45) is -0.700. The van der Waals surface area contributed by atoms with Crippen LogP contribution in [-0.2, 0) is 9.53 Å². The Hall–Kier alpha value is -2.86. The molecule has 0 unspecified atom stereocenters. The molecule has 1 N–H and O–H groups in total. The van der Waals surface area contributed by atoms with E-state index < -0.39 is 6.10 Å². The summed E-state index contributed by atoms with van der Waals surface area (Å²) < 4.78 is 11.1. The van der Waals surface area contributed by atoms with Gasteiger partial charge in [0.2, 0.25) is 0 Å². The Bertz CT molecular complexity index is 859. The van der Waals surface area contributed by atoms with Crippen molar-refractivity contribution in [2.24, 2.45) is 0 Å². The number of carbonyl (C=O) groups excluding carboxylic acids is 2. The Morgan fingerprint density at radius 1 is 1.07 bits per heavy atom. The largest absolute Gasteiger partial charge is 0.481 e. The minimum atomic E-state index is -0.700. The summed E-state index contributed by atoms with van der Waals surface area (Å²) in [5.41, 5.74) is 3.22. The van der Waals surface area contributed by atoms with E-state index >= 15 is 0 Å². The van der Waals surface area contributed by atoms with Crippen LogP contribution in [0.15, 0.2) is 42.5 Å². The average molecular weight is 382 g/mol. The zero-order chi connectivity index (χ0) is 20.1. The lowest BCUT2D eigenvalue weighted by Gasteiger charge is -2.27. The van der Waals surface area contributed by atoms with E-state index in [9.17, 15) is 9.59 Å². The van der Waals surface area contributed by atoms with Crippen LogP contribution in [0, 0.1) is 13.8 Å². The maximum Gasteiger partial charge on any atom is 0.265 e. The van der Waals surface area contributed by atoms with Crippen molar-refractivity contribution in [1.29, 1.82) is 0 Å². The summed E-state index contributed by atoms with van der Waals surface area (Å²) in [4.78, 5) is 27.2. The van der Waals surface area contributed by atoms with E-state index in [0.717, 1.165) is 5.56 Å². The highest BCUT2D eigenvalue weighted by Gasteiger charge is 2.23. The Balaban J connectivity index is 1.69. The third-order valence-corrected chi connectivity index (χ3v) is 4.87. The molecule has 6 nitrogen and oxygen atoms in total. The van der Waals surface area contributed by atoms with Crippen LogP contribution in [0.2, 0.25) is 0 Å². The lowest BCUT2D eigenvalue weighted by atomic mass is 10.1. The molecule has 28 heavy (non-hydrogen) atoms. The molecular weight excluding hydrogens is 356 g/mol. The minimum Gasteiger partial charge on any atom is -0.481 e. The summed E-state index contributed by atoms with van der Waals surface area (Å²) in [6, 6.07) is 12.8. The number of hydrogen-bond donors (Lipinski definition) is 1. The number of nitrogens with zero attached hydrogens (tertiary/aromatic N) is 1. The SMILES string of the molecule is Cc1ccc(O[C@H](C)C(=O)Nc2ccccc2C(=O)N2CCOCC2)cc1C. The number of nitrogens with one attached hydrogen (secondary N) is 1. The fourth-order valence-corrected chi connectivity index (χ4v) is 2.99. The van der Waals surface area contributed by atoms with Crippen LogP contribution >= 0.6 is 0 Å². The van der Waals surface area contributed by atoms with Gasteiger partial charge in [-0.15, -0.1) is 0 Å². The highest BCUT2D eigenvalue weighted by atomic mass is 16.5. The Labute approximate surface area is 165 Å². The van der Waals surface area contributed by atoms with Gasteiger partial charge in [-0.25, -0.2) is 0 Å². The van der Waals surface area contributed by atoms with Crippen LogP contribution in [0.25, 0.3) is 0 Å². The topological polar surface area (TPSA) is 67.9 Å². The van der Waals surface area contributed by atoms with Crippen LogP contribution < -0.4 is 10.1 Å². The standard InChI is InChI=1S/C22H26N2O4/c1-15-8-9-18(14-16(15)2)28-17(3)21(25)23-20-7-5-4-6-19(20)22(26)24-10-12-27-13-11-24/h4-9,14,17H,10-13H2,1-3H3,(H,23,25)/t17-/m1/s1. The molecule has 0 aliphatic carbocycles. The third kappa shape index (κ3) is 4.70. The molecule has 6 heteroatoms. The first-order valence-corrected chi connectivity index (χ1v) is 9.46. The van der Waals surface area contributed by atoms with E-state index in [4.69, 9.17) is 9.47 Å². The molecule has 0 spiro atoms. The van der Waals surface area contributed by atoms with Gasteiger partial charge in [0, 0.05) is 13.1 Å².